The Balaban J connectivity index is 2.13. The van der Waals surface area contributed by atoms with Crippen molar-refractivity contribution in [1.29, 1.82) is 0 Å². The summed E-state index contributed by atoms with van der Waals surface area (Å²) >= 11 is 0. The molecule has 7 heteroatoms. The third-order valence-electron chi connectivity index (χ3n) is 6.75. The number of hydrogen-bond acceptors (Lipinski definition) is 4. The van der Waals surface area contributed by atoms with Gasteiger partial charge in [0.1, 0.15) is 12.6 Å². The van der Waals surface area contributed by atoms with Gasteiger partial charge in [0, 0.05) is 37.9 Å². The van der Waals surface area contributed by atoms with Crippen molar-refractivity contribution in [3.8, 4) is 0 Å². The van der Waals surface area contributed by atoms with Crippen LogP contribution in [0.1, 0.15) is 123 Å². The molecule has 0 unspecified atom stereocenters. The van der Waals surface area contributed by atoms with Crippen molar-refractivity contribution in [2.24, 2.45) is 0 Å². The SMILES string of the molecule is CCCCCCCCCCCC(=O)NCCCC[C@H](NC(=O)CCCCC[n+]1ccccc1)C(=O)OCC. The number of hydrogen-bond donors (Lipinski definition) is 2. The molecule has 1 rings (SSSR count). The van der Waals surface area contributed by atoms with Gasteiger partial charge in [-0.3, -0.25) is 9.59 Å². The van der Waals surface area contributed by atoms with Gasteiger partial charge >= 0.3 is 5.97 Å². The Hall–Kier alpha value is -2.44. The maximum atomic E-state index is 12.4. The summed E-state index contributed by atoms with van der Waals surface area (Å²) in [6, 6.07) is 5.39. The number of carbonyl (C=O) groups is 3. The number of nitrogens with one attached hydrogen (secondary N) is 2. The van der Waals surface area contributed by atoms with E-state index in [4.69, 9.17) is 4.74 Å². The Morgan fingerprint density at radius 2 is 1.32 bits per heavy atom. The number of aromatic nitrogens is 1. The number of nitrogens with zero attached hydrogens (tertiary/aromatic N) is 1. The predicted molar refractivity (Wildman–Crippen MR) is 152 cm³/mol. The average Bonchev–Trinajstić information content (AvgIpc) is 2.91. The highest BCUT2D eigenvalue weighted by molar-refractivity contribution is 5.84. The quantitative estimate of drug-likeness (QED) is 0.100. The van der Waals surface area contributed by atoms with E-state index in [-0.39, 0.29) is 24.4 Å². The zero-order valence-corrected chi connectivity index (χ0v) is 24.2. The molecule has 2 amide bonds. The second kappa shape index (κ2) is 23.7. The summed E-state index contributed by atoms with van der Waals surface area (Å²) < 4.78 is 7.30. The van der Waals surface area contributed by atoms with Gasteiger partial charge in [0.05, 0.1) is 6.61 Å². The van der Waals surface area contributed by atoms with Crippen LogP contribution in [0.15, 0.2) is 30.6 Å². The molecule has 1 aromatic heterocycles. The zero-order valence-electron chi connectivity index (χ0n) is 24.2. The van der Waals surface area contributed by atoms with Gasteiger partial charge in [0.2, 0.25) is 11.8 Å². The van der Waals surface area contributed by atoms with Gasteiger partial charge in [-0.25, -0.2) is 9.36 Å². The van der Waals surface area contributed by atoms with Crippen molar-refractivity contribution < 1.29 is 23.7 Å². The first-order valence-corrected chi connectivity index (χ1v) is 15.2. The van der Waals surface area contributed by atoms with E-state index in [1.807, 2.05) is 30.6 Å². The van der Waals surface area contributed by atoms with Gasteiger partial charge in [-0.2, -0.15) is 0 Å². The Labute approximate surface area is 231 Å². The highest BCUT2D eigenvalue weighted by atomic mass is 16.5. The third kappa shape index (κ3) is 18.8. The molecule has 0 radical (unpaired) electrons. The number of unbranched alkanes of at least 4 members (excludes halogenated alkanes) is 11. The predicted octanol–water partition coefficient (Wildman–Crippen LogP) is 5.79. The monoisotopic (exact) mass is 532 g/mol. The number of amides is 2. The van der Waals surface area contributed by atoms with Gasteiger partial charge in [-0.15, -0.1) is 0 Å². The fourth-order valence-corrected chi connectivity index (χ4v) is 4.48. The van der Waals surface area contributed by atoms with Gasteiger partial charge in [0.25, 0.3) is 0 Å². The molecule has 38 heavy (non-hydrogen) atoms. The summed E-state index contributed by atoms with van der Waals surface area (Å²) in [5.74, 6) is -0.380. The summed E-state index contributed by atoms with van der Waals surface area (Å²) in [6.07, 6.45) is 21.0. The highest BCUT2D eigenvalue weighted by Gasteiger charge is 2.21. The second-order valence-electron chi connectivity index (χ2n) is 10.2. The summed E-state index contributed by atoms with van der Waals surface area (Å²) in [4.78, 5) is 36.8. The lowest BCUT2D eigenvalue weighted by Crippen LogP contribution is -2.42. The van der Waals surface area contributed by atoms with Crippen molar-refractivity contribution in [2.45, 2.75) is 136 Å². The molecule has 0 spiro atoms. The molecule has 0 aliphatic carbocycles. The molecule has 0 aliphatic heterocycles. The molecule has 216 valence electrons. The number of pyridine rings is 1. The summed E-state index contributed by atoms with van der Waals surface area (Å²) in [5.41, 5.74) is 0. The van der Waals surface area contributed by atoms with Crippen LogP contribution in [0.4, 0.5) is 0 Å². The van der Waals surface area contributed by atoms with E-state index >= 15 is 0 Å². The van der Waals surface area contributed by atoms with E-state index in [1.165, 1.54) is 44.9 Å². The Morgan fingerprint density at radius 3 is 1.97 bits per heavy atom. The minimum atomic E-state index is -0.625. The summed E-state index contributed by atoms with van der Waals surface area (Å²) in [6.45, 7) is 5.83. The first kappa shape index (κ1) is 33.6. The van der Waals surface area contributed by atoms with Crippen molar-refractivity contribution in [1.82, 2.24) is 10.6 Å². The van der Waals surface area contributed by atoms with Crippen LogP contribution in [-0.2, 0) is 25.7 Å². The van der Waals surface area contributed by atoms with E-state index < -0.39 is 6.04 Å². The van der Waals surface area contributed by atoms with Gasteiger partial charge in [-0.05, 0) is 45.4 Å². The van der Waals surface area contributed by atoms with Crippen molar-refractivity contribution >= 4 is 17.8 Å². The Bertz CT molecular complexity index is 742. The number of ether oxygens (including phenoxy) is 1. The van der Waals surface area contributed by atoms with E-state index in [0.717, 1.165) is 51.5 Å². The van der Waals surface area contributed by atoms with Crippen LogP contribution in [0, 0.1) is 0 Å². The topological polar surface area (TPSA) is 88.4 Å². The van der Waals surface area contributed by atoms with Crippen LogP contribution in [0.5, 0.6) is 0 Å². The molecule has 0 fully saturated rings. The van der Waals surface area contributed by atoms with Crippen LogP contribution < -0.4 is 15.2 Å². The van der Waals surface area contributed by atoms with E-state index in [9.17, 15) is 14.4 Å². The van der Waals surface area contributed by atoms with Crippen molar-refractivity contribution in [3.05, 3.63) is 30.6 Å². The fourth-order valence-electron chi connectivity index (χ4n) is 4.48. The summed E-state index contributed by atoms with van der Waals surface area (Å²) in [5, 5.41) is 5.85. The molecule has 1 heterocycles. The lowest BCUT2D eigenvalue weighted by atomic mass is 10.1. The van der Waals surface area contributed by atoms with Crippen LogP contribution in [0.25, 0.3) is 0 Å². The first-order valence-electron chi connectivity index (χ1n) is 15.2. The van der Waals surface area contributed by atoms with Crippen molar-refractivity contribution in [3.63, 3.8) is 0 Å². The maximum absolute atomic E-state index is 12.4. The maximum Gasteiger partial charge on any atom is 0.328 e. The third-order valence-corrected chi connectivity index (χ3v) is 6.75. The van der Waals surface area contributed by atoms with Crippen molar-refractivity contribution in [2.75, 3.05) is 13.2 Å². The average molecular weight is 533 g/mol. The van der Waals surface area contributed by atoms with Crippen LogP contribution in [-0.4, -0.2) is 37.0 Å². The molecule has 0 saturated heterocycles. The van der Waals surface area contributed by atoms with E-state index in [1.54, 1.807) is 6.92 Å². The number of esters is 1. The van der Waals surface area contributed by atoms with Crippen LogP contribution >= 0.6 is 0 Å². The smallest absolute Gasteiger partial charge is 0.328 e. The lowest BCUT2D eigenvalue weighted by molar-refractivity contribution is -0.697. The molecule has 1 aromatic rings. The fraction of sp³-hybridized carbons (Fsp3) is 0.742. The number of rotatable bonds is 24. The minimum Gasteiger partial charge on any atom is -0.464 e. The molecule has 0 saturated carbocycles. The summed E-state index contributed by atoms with van der Waals surface area (Å²) in [7, 11) is 0. The molecule has 2 N–H and O–H groups in total. The molecule has 7 nitrogen and oxygen atoms in total. The molecule has 0 aromatic carbocycles. The molecular formula is C31H54N3O4+. The van der Waals surface area contributed by atoms with Gasteiger partial charge in [-0.1, -0.05) is 64.4 Å². The highest BCUT2D eigenvalue weighted by Crippen LogP contribution is 2.11. The Morgan fingerprint density at radius 1 is 0.711 bits per heavy atom. The molecular weight excluding hydrogens is 478 g/mol. The largest absolute Gasteiger partial charge is 0.464 e. The number of aryl methyl sites for hydroxylation is 1. The lowest BCUT2D eigenvalue weighted by Gasteiger charge is -2.17. The molecule has 0 aliphatic rings. The molecule has 0 bridgehead atoms. The standard InChI is InChI=1S/C31H53N3O4/c1-3-5-6-7-8-9-10-11-14-22-29(35)32-24-17-16-21-28(31(37)38-4-2)33-30(36)23-15-12-18-25-34-26-19-13-20-27-34/h13,19-20,26-28H,3-12,14-18,21-25H2,1-2H3,(H-,32,33,35,36)/p+1/t28-/m0/s1. The van der Waals surface area contributed by atoms with Crippen LogP contribution in [0.2, 0.25) is 0 Å². The second-order valence-corrected chi connectivity index (χ2v) is 10.2. The normalized spacial score (nSPS) is 11.6. The minimum absolute atomic E-state index is 0.105. The Kier molecular flexibility index (Phi) is 20.9. The van der Waals surface area contributed by atoms with Gasteiger partial charge in [0.15, 0.2) is 12.4 Å². The van der Waals surface area contributed by atoms with Gasteiger partial charge < -0.3 is 15.4 Å². The first-order chi connectivity index (χ1) is 18.6. The number of carbonyl (C=O) groups excluding carboxylic acids is 3. The van der Waals surface area contributed by atoms with E-state index in [2.05, 4.69) is 22.1 Å². The molecule has 1 atom stereocenters. The van der Waals surface area contributed by atoms with E-state index in [0.29, 0.717) is 25.8 Å². The zero-order chi connectivity index (χ0) is 27.7. The van der Waals surface area contributed by atoms with Crippen LogP contribution in [0.3, 0.4) is 0 Å².